The van der Waals surface area contributed by atoms with Crippen molar-refractivity contribution in [3.05, 3.63) is 12.2 Å². The highest BCUT2D eigenvalue weighted by Gasteiger charge is 2.15. The molecule has 1 atom stereocenters. The maximum Gasteiger partial charge on any atom is 0.237 e. The fourth-order valence-electron chi connectivity index (χ4n) is 0.913. The maximum atomic E-state index is 11.4. The third-order valence-electron chi connectivity index (χ3n) is 1.92. The molecule has 4 heteroatoms. The molecule has 0 heterocycles. The van der Waals surface area contributed by atoms with Gasteiger partial charge in [-0.1, -0.05) is 26.0 Å². The third-order valence-corrected chi connectivity index (χ3v) is 1.92. The Balaban J connectivity index is 3.51. The van der Waals surface area contributed by atoms with E-state index in [4.69, 9.17) is 10.5 Å². The first kappa shape index (κ1) is 14.1. The van der Waals surface area contributed by atoms with Crippen molar-refractivity contribution in [1.82, 2.24) is 5.32 Å². The molecule has 0 spiro atoms. The highest BCUT2D eigenvalue weighted by Crippen LogP contribution is 1.97. The number of carbonyl (C=O) groups is 1. The van der Waals surface area contributed by atoms with E-state index in [1.807, 2.05) is 20.8 Å². The minimum atomic E-state index is -0.439. The first-order valence-electron chi connectivity index (χ1n) is 5.20. The summed E-state index contributed by atoms with van der Waals surface area (Å²) >= 11 is 0. The van der Waals surface area contributed by atoms with Gasteiger partial charge in [-0.25, -0.2) is 0 Å². The zero-order valence-electron chi connectivity index (χ0n) is 9.88. The van der Waals surface area contributed by atoms with Crippen molar-refractivity contribution < 1.29 is 9.53 Å². The predicted octanol–water partition coefficient (Wildman–Crippen LogP) is 0.679. The number of carbonyl (C=O) groups excluding carboxylic acids is 1. The fourth-order valence-corrected chi connectivity index (χ4v) is 0.913. The molecular weight excluding hydrogens is 192 g/mol. The SMILES string of the molecule is C=C(C)COCCNC(=O)C(N)C(C)C. The molecule has 1 amide bonds. The van der Waals surface area contributed by atoms with Crippen LogP contribution in [-0.4, -0.2) is 31.7 Å². The van der Waals surface area contributed by atoms with Gasteiger partial charge in [0.15, 0.2) is 0 Å². The number of rotatable bonds is 7. The molecule has 0 aromatic rings. The Labute approximate surface area is 91.9 Å². The zero-order chi connectivity index (χ0) is 11.8. The van der Waals surface area contributed by atoms with E-state index in [1.165, 1.54) is 0 Å². The molecule has 4 nitrogen and oxygen atoms in total. The topological polar surface area (TPSA) is 64.3 Å². The van der Waals surface area contributed by atoms with Crippen LogP contribution in [0.2, 0.25) is 0 Å². The van der Waals surface area contributed by atoms with Gasteiger partial charge >= 0.3 is 0 Å². The first-order chi connectivity index (χ1) is 6.95. The average Bonchev–Trinajstić information content (AvgIpc) is 2.15. The minimum Gasteiger partial charge on any atom is -0.375 e. The molecule has 0 saturated heterocycles. The fraction of sp³-hybridized carbons (Fsp3) is 0.727. The Kier molecular flexibility index (Phi) is 6.99. The number of nitrogens with one attached hydrogen (secondary N) is 1. The predicted molar refractivity (Wildman–Crippen MR) is 61.5 cm³/mol. The van der Waals surface area contributed by atoms with Gasteiger partial charge in [-0.2, -0.15) is 0 Å². The quantitative estimate of drug-likeness (QED) is 0.484. The van der Waals surface area contributed by atoms with E-state index in [1.54, 1.807) is 0 Å². The number of amides is 1. The Morgan fingerprint density at radius 1 is 1.53 bits per heavy atom. The summed E-state index contributed by atoms with van der Waals surface area (Å²) in [6, 6.07) is -0.439. The molecule has 0 saturated carbocycles. The van der Waals surface area contributed by atoms with Crippen molar-refractivity contribution in [1.29, 1.82) is 0 Å². The zero-order valence-corrected chi connectivity index (χ0v) is 9.88. The first-order valence-corrected chi connectivity index (χ1v) is 5.20. The molecule has 3 N–H and O–H groups in total. The lowest BCUT2D eigenvalue weighted by atomic mass is 10.1. The van der Waals surface area contributed by atoms with E-state index in [0.29, 0.717) is 19.8 Å². The highest BCUT2D eigenvalue weighted by molar-refractivity contribution is 5.81. The number of nitrogens with two attached hydrogens (primary N) is 1. The molecular formula is C11H22N2O2. The van der Waals surface area contributed by atoms with Crippen LogP contribution in [0.5, 0.6) is 0 Å². The van der Waals surface area contributed by atoms with Gasteiger partial charge in [0.1, 0.15) is 0 Å². The normalized spacial score (nSPS) is 12.6. The van der Waals surface area contributed by atoms with E-state index in [-0.39, 0.29) is 11.8 Å². The summed E-state index contributed by atoms with van der Waals surface area (Å²) in [6.45, 7) is 11.0. The Bertz CT molecular complexity index is 215. The highest BCUT2D eigenvalue weighted by atomic mass is 16.5. The maximum absolute atomic E-state index is 11.4. The monoisotopic (exact) mass is 214 g/mol. The van der Waals surface area contributed by atoms with Crippen LogP contribution in [0.25, 0.3) is 0 Å². The van der Waals surface area contributed by atoms with Gasteiger partial charge < -0.3 is 15.8 Å². The molecule has 0 fully saturated rings. The summed E-state index contributed by atoms with van der Waals surface area (Å²) in [5.41, 5.74) is 6.63. The molecule has 0 aliphatic heterocycles. The summed E-state index contributed by atoms with van der Waals surface area (Å²) in [4.78, 5) is 11.4. The van der Waals surface area contributed by atoms with Gasteiger partial charge in [0, 0.05) is 6.54 Å². The van der Waals surface area contributed by atoms with Crippen molar-refractivity contribution >= 4 is 5.91 Å². The Hall–Kier alpha value is -0.870. The van der Waals surface area contributed by atoms with Crippen LogP contribution in [0.1, 0.15) is 20.8 Å². The van der Waals surface area contributed by atoms with Gasteiger partial charge in [0.05, 0.1) is 19.3 Å². The molecule has 0 aromatic heterocycles. The molecule has 0 aliphatic carbocycles. The van der Waals surface area contributed by atoms with Crippen LogP contribution < -0.4 is 11.1 Å². The van der Waals surface area contributed by atoms with Gasteiger partial charge in [0.25, 0.3) is 0 Å². The average molecular weight is 214 g/mol. The van der Waals surface area contributed by atoms with E-state index in [2.05, 4.69) is 11.9 Å². The van der Waals surface area contributed by atoms with Gasteiger partial charge in [-0.15, -0.1) is 0 Å². The lowest BCUT2D eigenvalue weighted by molar-refractivity contribution is -0.123. The molecule has 0 radical (unpaired) electrons. The lowest BCUT2D eigenvalue weighted by Gasteiger charge is -2.15. The van der Waals surface area contributed by atoms with E-state index in [0.717, 1.165) is 5.57 Å². The summed E-state index contributed by atoms with van der Waals surface area (Å²) in [7, 11) is 0. The minimum absolute atomic E-state index is 0.121. The summed E-state index contributed by atoms with van der Waals surface area (Å²) in [6.07, 6.45) is 0. The number of hydrogen-bond donors (Lipinski definition) is 2. The molecule has 15 heavy (non-hydrogen) atoms. The molecule has 0 rings (SSSR count). The van der Waals surface area contributed by atoms with Crippen molar-refractivity contribution in [3.8, 4) is 0 Å². The van der Waals surface area contributed by atoms with Crippen LogP contribution in [-0.2, 0) is 9.53 Å². The van der Waals surface area contributed by atoms with Crippen LogP contribution in [0.4, 0.5) is 0 Å². The van der Waals surface area contributed by atoms with Crippen molar-refractivity contribution in [2.75, 3.05) is 19.8 Å². The van der Waals surface area contributed by atoms with Crippen molar-refractivity contribution in [2.45, 2.75) is 26.8 Å². The largest absolute Gasteiger partial charge is 0.375 e. The molecule has 0 aliphatic rings. The van der Waals surface area contributed by atoms with Crippen LogP contribution >= 0.6 is 0 Å². The lowest BCUT2D eigenvalue weighted by Crippen LogP contribution is -2.44. The molecule has 0 bridgehead atoms. The standard InChI is InChI=1S/C11H22N2O2/c1-8(2)7-15-6-5-13-11(14)10(12)9(3)4/h9-10H,1,5-7,12H2,2-4H3,(H,13,14). The summed E-state index contributed by atoms with van der Waals surface area (Å²) in [5, 5.41) is 2.72. The van der Waals surface area contributed by atoms with Crippen LogP contribution in [0, 0.1) is 5.92 Å². The van der Waals surface area contributed by atoms with Crippen LogP contribution in [0.15, 0.2) is 12.2 Å². The van der Waals surface area contributed by atoms with E-state index >= 15 is 0 Å². The van der Waals surface area contributed by atoms with Crippen molar-refractivity contribution in [3.63, 3.8) is 0 Å². The molecule has 88 valence electrons. The summed E-state index contributed by atoms with van der Waals surface area (Å²) in [5.74, 6) is 0.0327. The van der Waals surface area contributed by atoms with Gasteiger partial charge in [-0.3, -0.25) is 4.79 Å². The van der Waals surface area contributed by atoms with Gasteiger partial charge in [0.2, 0.25) is 5.91 Å². The second-order valence-corrected chi connectivity index (χ2v) is 4.07. The molecule has 0 aromatic carbocycles. The summed E-state index contributed by atoms with van der Waals surface area (Å²) < 4.78 is 5.23. The van der Waals surface area contributed by atoms with E-state index < -0.39 is 6.04 Å². The van der Waals surface area contributed by atoms with Crippen LogP contribution in [0.3, 0.4) is 0 Å². The number of hydrogen-bond acceptors (Lipinski definition) is 3. The number of ether oxygens (including phenoxy) is 1. The Morgan fingerprint density at radius 2 is 2.13 bits per heavy atom. The molecule has 1 unspecified atom stereocenters. The van der Waals surface area contributed by atoms with Gasteiger partial charge in [-0.05, 0) is 12.8 Å². The third kappa shape index (κ3) is 7.11. The smallest absolute Gasteiger partial charge is 0.237 e. The van der Waals surface area contributed by atoms with E-state index in [9.17, 15) is 4.79 Å². The second kappa shape index (κ2) is 7.43. The Morgan fingerprint density at radius 3 is 2.60 bits per heavy atom. The second-order valence-electron chi connectivity index (χ2n) is 4.07. The van der Waals surface area contributed by atoms with Crippen molar-refractivity contribution in [2.24, 2.45) is 11.7 Å².